The number of hydrogen-bond donors (Lipinski definition) is 3. The second kappa shape index (κ2) is 13.1. The molecule has 0 bridgehead atoms. The van der Waals surface area contributed by atoms with Gasteiger partial charge in [-0.15, -0.1) is 0 Å². The second-order valence-electron chi connectivity index (χ2n) is 11.5. The Morgan fingerprint density at radius 1 is 1.04 bits per heavy atom. The lowest BCUT2D eigenvalue weighted by Gasteiger charge is -2.29. The fourth-order valence-electron chi connectivity index (χ4n) is 6.16. The molecule has 6 aromatic rings. The van der Waals surface area contributed by atoms with Gasteiger partial charge in [-0.05, 0) is 53.8 Å². The molecule has 0 aliphatic rings. The number of rotatable bonds is 11. The fraction of sp³-hybridized carbons (Fsp3) is 0.229. The maximum absolute atomic E-state index is 14.2. The van der Waals surface area contributed by atoms with Crippen LogP contribution in [0.1, 0.15) is 40.0 Å². The Morgan fingerprint density at radius 2 is 1.77 bits per heavy atom. The predicted octanol–water partition coefficient (Wildman–Crippen LogP) is 6.24. The molecule has 6 rings (SSSR count). The number of hydrogen-bond acceptors (Lipinski definition) is 6. The number of para-hydroxylation sites is 2. The summed E-state index contributed by atoms with van der Waals surface area (Å²) in [5.41, 5.74) is 10.8. The average molecular weight is 660 g/mol. The number of nitrogens with two attached hydrogens (primary N) is 1. The number of carboxylic acids is 1. The summed E-state index contributed by atoms with van der Waals surface area (Å²) in [6.45, 7) is 2.83. The Balaban J connectivity index is 1.55. The van der Waals surface area contributed by atoms with Crippen LogP contribution in [0, 0.1) is 11.6 Å². The van der Waals surface area contributed by atoms with Gasteiger partial charge in [0, 0.05) is 38.3 Å². The number of aromatic nitrogens is 3. The minimum Gasteiger partial charge on any atom is -0.478 e. The van der Waals surface area contributed by atoms with Crippen LogP contribution >= 0.6 is 11.6 Å². The number of halogens is 3. The van der Waals surface area contributed by atoms with Gasteiger partial charge in [0.1, 0.15) is 23.0 Å². The molecule has 0 aliphatic carbocycles. The topological polar surface area (TPSA) is 128 Å². The van der Waals surface area contributed by atoms with Crippen LogP contribution in [0.4, 0.5) is 8.78 Å². The maximum Gasteiger partial charge on any atom is 0.419 e. The van der Waals surface area contributed by atoms with Crippen molar-refractivity contribution in [3.8, 4) is 11.4 Å². The number of aromatic carboxylic acids is 1. The van der Waals surface area contributed by atoms with Crippen LogP contribution < -0.4 is 16.8 Å². The number of oxazole rings is 1. The highest BCUT2D eigenvalue weighted by Gasteiger charge is 2.32. The molecule has 0 fully saturated rings. The van der Waals surface area contributed by atoms with E-state index in [4.69, 9.17) is 26.7 Å². The van der Waals surface area contributed by atoms with Gasteiger partial charge in [-0.1, -0.05) is 54.9 Å². The van der Waals surface area contributed by atoms with Crippen molar-refractivity contribution in [2.24, 2.45) is 12.8 Å². The number of imidazole rings is 1. The maximum atomic E-state index is 14.2. The van der Waals surface area contributed by atoms with E-state index in [0.29, 0.717) is 23.1 Å². The lowest BCUT2D eigenvalue weighted by molar-refractivity contribution is 0.0698. The Bertz CT molecular complexity index is 2170. The summed E-state index contributed by atoms with van der Waals surface area (Å²) in [7, 11) is 1.47. The molecule has 0 saturated heterocycles. The monoisotopic (exact) mass is 659 g/mol. The molecule has 2 atom stereocenters. The van der Waals surface area contributed by atoms with Crippen molar-refractivity contribution < 1.29 is 23.1 Å². The molecule has 2 aromatic heterocycles. The molecule has 4 aromatic carbocycles. The molecule has 0 spiro atoms. The highest BCUT2D eigenvalue weighted by atomic mass is 35.5. The van der Waals surface area contributed by atoms with Gasteiger partial charge in [-0.25, -0.2) is 23.4 Å². The summed E-state index contributed by atoms with van der Waals surface area (Å²) in [5.74, 6) is -3.29. The van der Waals surface area contributed by atoms with Crippen molar-refractivity contribution in [3.63, 3.8) is 0 Å². The molecule has 12 heteroatoms. The van der Waals surface area contributed by atoms with E-state index in [0.717, 1.165) is 18.1 Å². The SMILES string of the molecule is CCc1cccc(CNC[C@H]([C@@H](N)Cc2cc(F)cc(F)c2)n2c(-c3c(C(=O)O)c(Cl)cc4oc(=O)n(C)c34)nc3ccccc32)c1. The number of aryl methyl sites for hydroxylation is 2. The standard InChI is InChI=1S/C35H32ClF2N5O4/c1-3-19-7-6-8-20(11-19)17-40-18-28(25(39)14-21-12-22(37)15-23(38)13-21)43-27-10-5-4-9-26(27)41-33(43)31-30(34(44)45)24(36)16-29-32(31)42(2)35(46)47-29/h4-13,15-16,25,28,40H,3,14,17-18,39H2,1-2H3,(H,44,45)/t25-,28+/m0/s1. The van der Waals surface area contributed by atoms with Gasteiger partial charge < -0.3 is 25.1 Å². The van der Waals surface area contributed by atoms with Gasteiger partial charge in [-0.3, -0.25) is 4.57 Å². The summed E-state index contributed by atoms with van der Waals surface area (Å²) >= 11 is 6.52. The molecular formula is C35H32ClF2N5O4. The average Bonchev–Trinajstić information content (AvgIpc) is 3.54. The van der Waals surface area contributed by atoms with E-state index in [2.05, 4.69) is 24.4 Å². The first kappa shape index (κ1) is 32.1. The highest BCUT2D eigenvalue weighted by Crippen LogP contribution is 2.39. The van der Waals surface area contributed by atoms with E-state index >= 15 is 0 Å². The molecule has 0 saturated carbocycles. The molecule has 4 N–H and O–H groups in total. The second-order valence-corrected chi connectivity index (χ2v) is 11.9. The smallest absolute Gasteiger partial charge is 0.419 e. The van der Waals surface area contributed by atoms with Crippen LogP contribution in [0.15, 0.2) is 82.0 Å². The molecule has 0 unspecified atom stereocenters. The molecule has 0 amide bonds. The van der Waals surface area contributed by atoms with Gasteiger partial charge in [0.25, 0.3) is 0 Å². The minimum absolute atomic E-state index is 0.0780. The summed E-state index contributed by atoms with van der Waals surface area (Å²) in [4.78, 5) is 30.3. The van der Waals surface area contributed by atoms with Crippen molar-refractivity contribution in [1.82, 2.24) is 19.4 Å². The zero-order valence-corrected chi connectivity index (χ0v) is 26.4. The first-order chi connectivity index (χ1) is 22.5. The summed E-state index contributed by atoms with van der Waals surface area (Å²) in [5, 5.41) is 13.7. The number of nitrogens with zero attached hydrogens (tertiary/aromatic N) is 3. The van der Waals surface area contributed by atoms with Crippen LogP contribution in [0.3, 0.4) is 0 Å². The van der Waals surface area contributed by atoms with Crippen molar-refractivity contribution >= 4 is 39.7 Å². The van der Waals surface area contributed by atoms with E-state index < -0.39 is 35.4 Å². The number of fused-ring (bicyclic) bond motifs is 2. The van der Waals surface area contributed by atoms with E-state index in [1.807, 2.05) is 28.8 Å². The number of carbonyl (C=O) groups is 1. The summed E-state index contributed by atoms with van der Waals surface area (Å²) in [6.07, 6.45) is 0.964. The molecule has 2 heterocycles. The molecule has 9 nitrogen and oxygen atoms in total. The zero-order valence-electron chi connectivity index (χ0n) is 25.6. The Kier molecular flexibility index (Phi) is 8.96. The lowest BCUT2D eigenvalue weighted by Crippen LogP contribution is -2.40. The molecule has 47 heavy (non-hydrogen) atoms. The van der Waals surface area contributed by atoms with Crippen LogP contribution in [0.5, 0.6) is 0 Å². The van der Waals surface area contributed by atoms with E-state index in [1.165, 1.54) is 35.4 Å². The molecule has 0 aliphatic heterocycles. The van der Waals surface area contributed by atoms with Crippen molar-refractivity contribution in [2.45, 2.75) is 38.4 Å². The molecule has 242 valence electrons. The van der Waals surface area contributed by atoms with Gasteiger partial charge in [-0.2, -0.15) is 0 Å². The third-order valence-corrected chi connectivity index (χ3v) is 8.66. The normalized spacial score (nSPS) is 13.0. The first-order valence-corrected chi connectivity index (χ1v) is 15.4. The highest BCUT2D eigenvalue weighted by molar-refractivity contribution is 6.35. The van der Waals surface area contributed by atoms with Crippen LogP contribution in [0.25, 0.3) is 33.5 Å². The number of nitrogens with one attached hydrogen (secondary N) is 1. The van der Waals surface area contributed by atoms with E-state index in [9.17, 15) is 23.5 Å². The quantitative estimate of drug-likeness (QED) is 0.150. The van der Waals surface area contributed by atoms with Crippen LogP contribution in [-0.4, -0.2) is 37.8 Å². The number of benzene rings is 4. The fourth-order valence-corrected chi connectivity index (χ4v) is 6.43. The predicted molar refractivity (Wildman–Crippen MR) is 177 cm³/mol. The summed E-state index contributed by atoms with van der Waals surface area (Å²) < 4.78 is 36.9. The van der Waals surface area contributed by atoms with E-state index in [-0.39, 0.29) is 46.0 Å². The Morgan fingerprint density at radius 3 is 2.49 bits per heavy atom. The van der Waals surface area contributed by atoms with E-state index in [1.54, 1.807) is 12.1 Å². The van der Waals surface area contributed by atoms with Crippen LogP contribution in [-0.2, 0) is 26.4 Å². The Labute approximate surface area is 273 Å². The third-order valence-electron chi connectivity index (χ3n) is 8.36. The first-order valence-electron chi connectivity index (χ1n) is 15.1. The van der Waals surface area contributed by atoms with Gasteiger partial charge in [0.2, 0.25) is 0 Å². The zero-order chi connectivity index (χ0) is 33.4. The van der Waals surface area contributed by atoms with Crippen molar-refractivity contribution in [2.75, 3.05) is 6.54 Å². The van der Waals surface area contributed by atoms with Crippen molar-refractivity contribution in [3.05, 3.63) is 122 Å². The van der Waals surface area contributed by atoms with Gasteiger partial charge >= 0.3 is 11.7 Å². The van der Waals surface area contributed by atoms with Gasteiger partial charge in [0.15, 0.2) is 5.58 Å². The van der Waals surface area contributed by atoms with Gasteiger partial charge in [0.05, 0.1) is 33.2 Å². The number of carboxylic acid groups (broad SMARTS) is 1. The third kappa shape index (κ3) is 6.29. The Hall–Kier alpha value is -4.84. The molecule has 0 radical (unpaired) electrons. The van der Waals surface area contributed by atoms with Crippen LogP contribution in [0.2, 0.25) is 5.02 Å². The lowest BCUT2D eigenvalue weighted by atomic mass is 9.98. The van der Waals surface area contributed by atoms with Crippen molar-refractivity contribution in [1.29, 1.82) is 0 Å². The summed E-state index contributed by atoms with van der Waals surface area (Å²) in [6, 6.07) is 18.6. The molecular weight excluding hydrogens is 628 g/mol. The minimum atomic E-state index is -1.33. The largest absolute Gasteiger partial charge is 0.478 e.